The Labute approximate surface area is 174 Å². The van der Waals surface area contributed by atoms with E-state index in [2.05, 4.69) is 16.0 Å². The molecule has 7 heteroatoms. The second-order valence-electron chi connectivity index (χ2n) is 6.51. The van der Waals surface area contributed by atoms with Crippen LogP contribution < -0.4 is 9.47 Å². The van der Waals surface area contributed by atoms with Crippen LogP contribution in [-0.2, 0) is 9.53 Å². The quantitative estimate of drug-likeness (QED) is 0.444. The minimum absolute atomic E-state index is 0.203. The number of aryl methyl sites for hydroxylation is 1. The number of aromatic amines is 1. The molecular weight excluding hydrogens is 382 g/mol. The van der Waals surface area contributed by atoms with Gasteiger partial charge in [0, 0.05) is 0 Å². The summed E-state index contributed by atoms with van der Waals surface area (Å²) in [6, 6.07) is 13.3. The van der Waals surface area contributed by atoms with Gasteiger partial charge in [-0.1, -0.05) is 12.1 Å². The number of hydrogen-bond acceptors (Lipinski definition) is 6. The molecule has 0 saturated carbocycles. The molecule has 0 saturated heterocycles. The average molecular weight is 405 g/mol. The Kier molecular flexibility index (Phi) is 6.71. The van der Waals surface area contributed by atoms with E-state index >= 15 is 0 Å². The Hall–Kier alpha value is -3.79. The molecule has 1 N–H and O–H groups in total. The molecule has 0 atom stereocenters. The number of allylic oxidation sites excluding steroid dienone is 1. The Morgan fingerprint density at radius 3 is 2.70 bits per heavy atom. The van der Waals surface area contributed by atoms with Crippen LogP contribution in [0, 0.1) is 18.3 Å². The lowest BCUT2D eigenvalue weighted by molar-refractivity contribution is -0.145. The van der Waals surface area contributed by atoms with E-state index in [1.807, 2.05) is 32.0 Å². The minimum Gasteiger partial charge on any atom is -0.490 e. The number of ether oxygens (including phenoxy) is 3. The molecule has 2 aromatic carbocycles. The first-order valence-electron chi connectivity index (χ1n) is 9.67. The highest BCUT2D eigenvalue weighted by Gasteiger charge is 2.12. The van der Waals surface area contributed by atoms with Gasteiger partial charge in [-0.3, -0.25) is 0 Å². The van der Waals surface area contributed by atoms with Gasteiger partial charge in [-0.2, -0.15) is 5.26 Å². The van der Waals surface area contributed by atoms with Crippen molar-refractivity contribution >= 4 is 28.7 Å². The number of rotatable bonds is 8. The van der Waals surface area contributed by atoms with Gasteiger partial charge >= 0.3 is 5.97 Å². The Morgan fingerprint density at radius 1 is 1.13 bits per heavy atom. The molecule has 0 bridgehead atoms. The Morgan fingerprint density at radius 2 is 1.97 bits per heavy atom. The van der Waals surface area contributed by atoms with Crippen LogP contribution in [0.5, 0.6) is 11.5 Å². The fourth-order valence-electron chi connectivity index (χ4n) is 2.91. The van der Waals surface area contributed by atoms with Crippen molar-refractivity contribution in [2.24, 2.45) is 0 Å². The molecule has 7 nitrogen and oxygen atoms in total. The number of nitrogens with one attached hydrogen (secondary N) is 1. The number of hydrogen-bond donors (Lipinski definition) is 1. The molecule has 0 spiro atoms. The number of benzene rings is 2. The van der Waals surface area contributed by atoms with Crippen LogP contribution in [0.4, 0.5) is 0 Å². The van der Waals surface area contributed by atoms with Gasteiger partial charge in [0.05, 0.1) is 29.8 Å². The van der Waals surface area contributed by atoms with E-state index < -0.39 is 5.97 Å². The first kappa shape index (κ1) is 20.9. The Balaban J connectivity index is 1.88. The summed E-state index contributed by atoms with van der Waals surface area (Å²) in [5, 5.41) is 9.66. The number of carbonyl (C=O) groups excluding carboxylic acids is 1. The van der Waals surface area contributed by atoms with Crippen molar-refractivity contribution in [1.29, 1.82) is 5.26 Å². The topological polar surface area (TPSA) is 97.2 Å². The lowest BCUT2D eigenvalue weighted by atomic mass is 10.1. The maximum absolute atomic E-state index is 11.5. The van der Waals surface area contributed by atoms with Crippen LogP contribution in [0.2, 0.25) is 0 Å². The van der Waals surface area contributed by atoms with Gasteiger partial charge in [0.25, 0.3) is 0 Å². The van der Waals surface area contributed by atoms with Gasteiger partial charge in [-0.05, 0) is 62.2 Å². The van der Waals surface area contributed by atoms with E-state index in [9.17, 15) is 10.1 Å². The minimum atomic E-state index is -0.448. The van der Waals surface area contributed by atoms with Crippen LogP contribution >= 0.6 is 0 Å². The second kappa shape index (κ2) is 9.61. The van der Waals surface area contributed by atoms with Crippen molar-refractivity contribution in [3.05, 3.63) is 53.3 Å². The first-order valence-corrected chi connectivity index (χ1v) is 9.67. The molecule has 1 heterocycles. The highest BCUT2D eigenvalue weighted by Crippen LogP contribution is 2.30. The van der Waals surface area contributed by atoms with E-state index in [-0.39, 0.29) is 6.61 Å². The molecule has 0 aliphatic carbocycles. The van der Waals surface area contributed by atoms with E-state index in [1.165, 1.54) is 0 Å². The molecule has 0 aliphatic heterocycles. The summed E-state index contributed by atoms with van der Waals surface area (Å²) < 4.78 is 16.0. The summed E-state index contributed by atoms with van der Waals surface area (Å²) in [5.74, 6) is 0.961. The SMILES string of the molecule is CCOC(=O)COc1ccc(C=C(C#N)c2nc3ccc(C)cc3[nH]2)cc1OCC. The Bertz CT molecular complexity index is 1130. The van der Waals surface area contributed by atoms with E-state index in [1.54, 1.807) is 31.2 Å². The molecule has 0 aliphatic rings. The van der Waals surface area contributed by atoms with Crippen molar-refractivity contribution in [2.45, 2.75) is 20.8 Å². The molecule has 30 heavy (non-hydrogen) atoms. The highest BCUT2D eigenvalue weighted by atomic mass is 16.6. The van der Waals surface area contributed by atoms with Gasteiger partial charge in [-0.15, -0.1) is 0 Å². The maximum atomic E-state index is 11.5. The third-order valence-corrected chi connectivity index (χ3v) is 4.24. The molecular formula is C23H23N3O4. The second-order valence-corrected chi connectivity index (χ2v) is 6.51. The van der Waals surface area contributed by atoms with Crippen molar-refractivity contribution in [1.82, 2.24) is 9.97 Å². The zero-order chi connectivity index (χ0) is 21.5. The van der Waals surface area contributed by atoms with Crippen LogP contribution in [0.1, 0.15) is 30.8 Å². The predicted octanol–water partition coefficient (Wildman–Crippen LogP) is 4.28. The van der Waals surface area contributed by atoms with Gasteiger partial charge in [0.15, 0.2) is 18.1 Å². The third-order valence-electron chi connectivity index (χ3n) is 4.24. The summed E-state index contributed by atoms with van der Waals surface area (Å²) >= 11 is 0. The normalized spacial score (nSPS) is 11.2. The van der Waals surface area contributed by atoms with E-state index in [0.29, 0.717) is 36.1 Å². The zero-order valence-corrected chi connectivity index (χ0v) is 17.2. The number of aromatic nitrogens is 2. The number of imidazole rings is 1. The van der Waals surface area contributed by atoms with Gasteiger partial charge in [-0.25, -0.2) is 9.78 Å². The van der Waals surface area contributed by atoms with Crippen molar-refractivity contribution < 1.29 is 19.0 Å². The fourth-order valence-corrected chi connectivity index (χ4v) is 2.91. The van der Waals surface area contributed by atoms with Crippen LogP contribution in [0.15, 0.2) is 36.4 Å². The lowest BCUT2D eigenvalue weighted by Gasteiger charge is -2.12. The van der Waals surface area contributed by atoms with Gasteiger partial charge in [0.1, 0.15) is 11.9 Å². The number of esters is 1. The molecule has 1 aromatic heterocycles. The molecule has 0 radical (unpaired) electrons. The molecule has 3 rings (SSSR count). The summed E-state index contributed by atoms with van der Waals surface area (Å²) in [5.41, 5.74) is 3.93. The van der Waals surface area contributed by atoms with E-state index in [4.69, 9.17) is 14.2 Å². The molecule has 0 amide bonds. The fraction of sp³-hybridized carbons (Fsp3) is 0.261. The van der Waals surface area contributed by atoms with Gasteiger partial charge < -0.3 is 19.2 Å². The largest absolute Gasteiger partial charge is 0.490 e. The average Bonchev–Trinajstić information content (AvgIpc) is 3.14. The maximum Gasteiger partial charge on any atom is 0.344 e. The molecule has 154 valence electrons. The van der Waals surface area contributed by atoms with E-state index in [0.717, 1.165) is 22.2 Å². The number of nitrogens with zero attached hydrogens (tertiary/aromatic N) is 2. The summed E-state index contributed by atoms with van der Waals surface area (Å²) in [6.07, 6.45) is 1.72. The summed E-state index contributed by atoms with van der Waals surface area (Å²) in [7, 11) is 0. The van der Waals surface area contributed by atoms with Crippen molar-refractivity contribution in [3.63, 3.8) is 0 Å². The first-order chi connectivity index (χ1) is 14.5. The van der Waals surface area contributed by atoms with Crippen LogP contribution in [0.25, 0.3) is 22.7 Å². The molecule has 0 unspecified atom stereocenters. The zero-order valence-electron chi connectivity index (χ0n) is 17.2. The highest BCUT2D eigenvalue weighted by molar-refractivity contribution is 5.90. The molecule has 0 fully saturated rings. The number of fused-ring (bicyclic) bond motifs is 1. The van der Waals surface area contributed by atoms with Crippen LogP contribution in [-0.4, -0.2) is 35.8 Å². The van der Waals surface area contributed by atoms with Gasteiger partial charge in [0.2, 0.25) is 0 Å². The van der Waals surface area contributed by atoms with Crippen molar-refractivity contribution in [2.75, 3.05) is 19.8 Å². The number of H-pyrrole nitrogens is 1. The summed E-state index contributed by atoms with van der Waals surface area (Å²) in [6.45, 7) is 6.11. The third kappa shape index (κ3) is 4.97. The standard InChI is InChI=1S/C23H23N3O4/c1-4-28-21-12-16(7-9-20(21)30-14-22(27)29-5-2)11-17(13-24)23-25-18-8-6-15(3)10-19(18)26-23/h6-12H,4-5,14H2,1-3H3,(H,25,26). The number of nitriles is 1. The molecule has 3 aromatic rings. The lowest BCUT2D eigenvalue weighted by Crippen LogP contribution is -2.15. The summed E-state index contributed by atoms with van der Waals surface area (Å²) in [4.78, 5) is 19.2. The predicted molar refractivity (Wildman–Crippen MR) is 114 cm³/mol. The monoisotopic (exact) mass is 405 g/mol. The smallest absolute Gasteiger partial charge is 0.344 e. The number of carbonyl (C=O) groups is 1. The van der Waals surface area contributed by atoms with Crippen molar-refractivity contribution in [3.8, 4) is 17.6 Å². The van der Waals surface area contributed by atoms with Crippen LogP contribution in [0.3, 0.4) is 0 Å².